The van der Waals surface area contributed by atoms with E-state index in [2.05, 4.69) is 12.5 Å². The van der Waals surface area contributed by atoms with Gasteiger partial charge in [-0.1, -0.05) is 105 Å². The average molecular weight is 275 g/mol. The third-order valence-electron chi connectivity index (χ3n) is 0.167. The van der Waals surface area contributed by atoms with Crippen LogP contribution in [0.15, 0.2) is 0 Å². The van der Waals surface area contributed by atoms with Gasteiger partial charge in [0.05, 0.1) is 0 Å². The minimum Gasteiger partial charge on any atom is -0.0979 e. The summed E-state index contributed by atoms with van der Waals surface area (Å²) in [5.41, 5.74) is 0. The van der Waals surface area contributed by atoms with Crippen LogP contribution in [0.2, 0.25) is 0 Å². The largest absolute Gasteiger partial charge is 0.0979 e. The first-order valence-corrected chi connectivity index (χ1v) is 9.95. The fourth-order valence-electron chi connectivity index (χ4n) is 0. The summed E-state index contributed by atoms with van der Waals surface area (Å²) in [6.07, 6.45) is 4.12. The molecule has 0 aliphatic heterocycles. The smallest absolute Gasteiger partial charge is 0.00793 e. The number of hydrogen-bond acceptors (Lipinski definition) is 2. The minimum atomic E-state index is 1.77. The molecule has 0 N–H and O–H groups in total. The highest BCUT2D eigenvalue weighted by molar-refractivity contribution is 8.76. The van der Waals surface area contributed by atoms with Crippen LogP contribution in [0.25, 0.3) is 0 Å². The van der Waals surface area contributed by atoms with E-state index in [9.17, 15) is 0 Å². The first kappa shape index (κ1) is 43.7. The predicted octanol–water partition coefficient (Wildman–Crippen LogP) is 7.78. The third-order valence-corrected chi connectivity index (χ3v) is 1.50. The molecule has 0 bridgehead atoms. The van der Waals surface area contributed by atoms with Gasteiger partial charge in [0.1, 0.15) is 0 Å². The summed E-state index contributed by atoms with van der Waals surface area (Å²) in [4.78, 5) is 0. The molecule has 0 aromatic rings. The van der Waals surface area contributed by atoms with Gasteiger partial charge in [-0.25, -0.2) is 0 Å². The normalized spacial score (nSPS) is 4.12. The van der Waals surface area contributed by atoms with E-state index in [-0.39, 0.29) is 0 Å². The lowest BCUT2D eigenvalue weighted by Gasteiger charge is -1.69. The monoisotopic (exact) mass is 274 g/mol. The molecule has 0 aromatic heterocycles. The first-order valence-electron chi connectivity index (χ1n) is 6.98. The summed E-state index contributed by atoms with van der Waals surface area (Å²) < 4.78 is 0. The summed E-state index contributed by atoms with van der Waals surface area (Å²) in [5.74, 6) is 0. The van der Waals surface area contributed by atoms with Crippen molar-refractivity contribution in [2.75, 3.05) is 12.5 Å². The Morgan fingerprint density at radius 1 is 0.312 bits per heavy atom. The van der Waals surface area contributed by atoms with E-state index < -0.39 is 0 Å². The molecular weight excluding hydrogens is 232 g/mol. The van der Waals surface area contributed by atoms with Crippen molar-refractivity contribution in [1.82, 2.24) is 0 Å². The van der Waals surface area contributed by atoms with E-state index in [1.54, 1.807) is 21.6 Å². The van der Waals surface area contributed by atoms with Crippen molar-refractivity contribution >= 4 is 21.6 Å². The van der Waals surface area contributed by atoms with E-state index in [0.29, 0.717) is 0 Å². The highest BCUT2D eigenvalue weighted by Crippen LogP contribution is 2.09. The van der Waals surface area contributed by atoms with Gasteiger partial charge >= 0.3 is 0 Å². The van der Waals surface area contributed by atoms with Gasteiger partial charge in [-0.05, 0) is 12.5 Å². The predicted molar refractivity (Wildman–Crippen MR) is 95.1 cm³/mol. The lowest BCUT2D eigenvalue weighted by Crippen LogP contribution is -1.28. The molecule has 110 valence electrons. The van der Waals surface area contributed by atoms with Crippen molar-refractivity contribution in [3.8, 4) is 0 Å². The zero-order valence-electron chi connectivity index (χ0n) is 14.8. The van der Waals surface area contributed by atoms with Crippen LogP contribution in [-0.2, 0) is 0 Å². The Morgan fingerprint density at radius 2 is 0.375 bits per heavy atom. The molecule has 0 atom stereocenters. The lowest BCUT2D eigenvalue weighted by atomic mass is 11.0. The topological polar surface area (TPSA) is 0 Å². The quantitative estimate of drug-likeness (QED) is 0.448. The van der Waals surface area contributed by atoms with Crippen LogP contribution in [-0.4, -0.2) is 12.5 Å². The van der Waals surface area contributed by atoms with Gasteiger partial charge in [0.15, 0.2) is 0 Å². The Hall–Kier alpha value is 0.700. The molecule has 0 fully saturated rings. The summed E-state index contributed by atoms with van der Waals surface area (Å²) in [7, 11) is 3.55. The minimum absolute atomic E-state index is 1.77. The maximum atomic E-state index is 2.06. The maximum Gasteiger partial charge on any atom is -0.00793 e. The molecule has 0 saturated carbocycles. The third kappa shape index (κ3) is 955. The lowest BCUT2D eigenvalue weighted by molar-refractivity contribution is 1.50. The van der Waals surface area contributed by atoms with Crippen molar-refractivity contribution in [3.63, 3.8) is 0 Å². The fraction of sp³-hybridized carbons (Fsp3) is 1.00. The molecule has 16 heavy (non-hydrogen) atoms. The van der Waals surface area contributed by atoms with E-state index in [1.807, 2.05) is 83.1 Å². The van der Waals surface area contributed by atoms with Crippen molar-refractivity contribution in [2.24, 2.45) is 0 Å². The van der Waals surface area contributed by atoms with Crippen LogP contribution >= 0.6 is 21.6 Å². The molecule has 0 aliphatic carbocycles. The zero-order chi connectivity index (χ0) is 15.4. The molecule has 0 unspecified atom stereocenters. The van der Waals surface area contributed by atoms with Crippen LogP contribution in [0.4, 0.5) is 0 Å². The molecule has 0 spiro atoms. The molecule has 0 rings (SSSR count). The summed E-state index contributed by atoms with van der Waals surface area (Å²) in [6, 6.07) is 0. The Kier molecular flexibility index (Phi) is 1270. The second-order valence-corrected chi connectivity index (χ2v) is 3.00. The Balaban J connectivity index is -0.0000000122. The molecule has 0 amide bonds. The zero-order valence-corrected chi connectivity index (χ0v) is 16.4. The second-order valence-electron chi connectivity index (χ2n) is 0.333. The van der Waals surface area contributed by atoms with Gasteiger partial charge < -0.3 is 0 Å². The summed E-state index contributed by atoms with van der Waals surface area (Å²) in [5, 5.41) is 0. The molecule has 0 heterocycles. The Labute approximate surface area is 117 Å². The molecule has 0 saturated heterocycles. The SMILES string of the molecule is CC.CC.CC.CC.CC.CC.CSSC. The molecule has 0 aromatic carbocycles. The van der Waals surface area contributed by atoms with Crippen molar-refractivity contribution in [3.05, 3.63) is 0 Å². The van der Waals surface area contributed by atoms with E-state index in [1.165, 1.54) is 0 Å². The highest BCUT2D eigenvalue weighted by atomic mass is 33.1. The van der Waals surface area contributed by atoms with Gasteiger partial charge in [0.25, 0.3) is 0 Å². The molecule has 0 aliphatic rings. The van der Waals surface area contributed by atoms with Crippen LogP contribution in [0.5, 0.6) is 0 Å². The summed E-state index contributed by atoms with van der Waals surface area (Å²) in [6.45, 7) is 24.0. The Morgan fingerprint density at radius 3 is 0.375 bits per heavy atom. The van der Waals surface area contributed by atoms with Gasteiger partial charge in [-0.2, -0.15) is 0 Å². The highest BCUT2D eigenvalue weighted by Gasteiger charge is 1.55. The van der Waals surface area contributed by atoms with Gasteiger partial charge in [-0.3, -0.25) is 0 Å². The fourth-order valence-corrected chi connectivity index (χ4v) is 0. The number of rotatable bonds is 1. The van der Waals surface area contributed by atoms with Crippen LogP contribution < -0.4 is 0 Å². The van der Waals surface area contributed by atoms with E-state index in [4.69, 9.17) is 0 Å². The van der Waals surface area contributed by atoms with Crippen LogP contribution in [0.3, 0.4) is 0 Å². The van der Waals surface area contributed by atoms with Gasteiger partial charge in [-0.15, -0.1) is 0 Å². The maximum absolute atomic E-state index is 2.06. The van der Waals surface area contributed by atoms with Crippen molar-refractivity contribution in [2.45, 2.75) is 83.1 Å². The molecule has 0 radical (unpaired) electrons. The number of hydrogen-bond donors (Lipinski definition) is 0. The molecular formula is C14H42S2. The average Bonchev–Trinajstić information content (AvgIpc) is 2.51. The van der Waals surface area contributed by atoms with Gasteiger partial charge in [0.2, 0.25) is 0 Å². The first-order chi connectivity index (χ1) is 7.91. The van der Waals surface area contributed by atoms with Crippen LogP contribution in [0, 0.1) is 0 Å². The van der Waals surface area contributed by atoms with Crippen molar-refractivity contribution < 1.29 is 0 Å². The van der Waals surface area contributed by atoms with Gasteiger partial charge in [0, 0.05) is 0 Å². The van der Waals surface area contributed by atoms with Crippen LogP contribution in [0.1, 0.15) is 83.1 Å². The Bertz CT molecular complexity index is 10.7. The standard InChI is InChI=1S/C2H6S2.6C2H6/c1-3-4-2;6*1-2/h1-2H3;6*1-2H3. The van der Waals surface area contributed by atoms with Crippen molar-refractivity contribution in [1.29, 1.82) is 0 Å². The molecule has 2 heteroatoms. The molecule has 0 nitrogen and oxygen atoms in total. The summed E-state index contributed by atoms with van der Waals surface area (Å²) >= 11 is 0. The second kappa shape index (κ2) is 465. The van der Waals surface area contributed by atoms with E-state index in [0.717, 1.165) is 0 Å². The van der Waals surface area contributed by atoms with E-state index >= 15 is 0 Å².